The van der Waals surface area contributed by atoms with Crippen molar-refractivity contribution in [2.75, 3.05) is 19.7 Å². The zero-order valence-corrected chi connectivity index (χ0v) is 13.1. The Balaban J connectivity index is 1.85. The van der Waals surface area contributed by atoms with Crippen LogP contribution in [0.4, 0.5) is 0 Å². The molecule has 1 saturated heterocycles. The number of amides is 1. The van der Waals surface area contributed by atoms with E-state index < -0.39 is 11.9 Å². The maximum atomic E-state index is 12.1. The highest BCUT2D eigenvalue weighted by Gasteiger charge is 2.28. The molecule has 0 saturated carbocycles. The minimum Gasteiger partial charge on any atom is -0.484 e. The van der Waals surface area contributed by atoms with E-state index in [4.69, 9.17) is 9.84 Å². The Labute approximate surface area is 130 Å². The van der Waals surface area contributed by atoms with Gasteiger partial charge in [0.25, 0.3) is 5.91 Å². The number of carbonyl (C=O) groups is 2. The van der Waals surface area contributed by atoms with Gasteiger partial charge < -0.3 is 14.7 Å². The van der Waals surface area contributed by atoms with Gasteiger partial charge in [0, 0.05) is 13.1 Å². The first kappa shape index (κ1) is 16.3. The summed E-state index contributed by atoms with van der Waals surface area (Å²) < 4.78 is 5.51. The van der Waals surface area contributed by atoms with Crippen LogP contribution in [0.3, 0.4) is 0 Å². The van der Waals surface area contributed by atoms with Crippen molar-refractivity contribution >= 4 is 11.9 Å². The van der Waals surface area contributed by atoms with E-state index in [-0.39, 0.29) is 19.1 Å². The average molecular weight is 305 g/mol. The van der Waals surface area contributed by atoms with Crippen LogP contribution in [0.15, 0.2) is 24.3 Å². The van der Waals surface area contributed by atoms with Crippen LogP contribution in [0.25, 0.3) is 0 Å². The summed E-state index contributed by atoms with van der Waals surface area (Å²) in [6.07, 6.45) is 1.36. The topological polar surface area (TPSA) is 66.8 Å². The summed E-state index contributed by atoms with van der Waals surface area (Å²) in [4.78, 5) is 24.7. The molecule has 1 amide bonds. The van der Waals surface area contributed by atoms with Gasteiger partial charge in [0.1, 0.15) is 5.75 Å². The molecule has 120 valence electrons. The Hall–Kier alpha value is -2.04. The summed E-state index contributed by atoms with van der Waals surface area (Å²) in [5.74, 6) is -0.328. The number of benzene rings is 1. The summed E-state index contributed by atoms with van der Waals surface area (Å²) in [7, 11) is 0. The fraction of sp³-hybridized carbons (Fsp3) is 0.529. The molecule has 0 unspecified atom stereocenters. The summed E-state index contributed by atoms with van der Waals surface area (Å²) in [5.41, 5.74) is 1.22. The second-order valence-electron chi connectivity index (χ2n) is 6.03. The van der Waals surface area contributed by atoms with Crippen molar-refractivity contribution in [1.82, 2.24) is 4.90 Å². The number of carboxylic acid groups (broad SMARTS) is 1. The third-order valence-corrected chi connectivity index (χ3v) is 4.03. The molecule has 1 fully saturated rings. The molecule has 5 heteroatoms. The number of ether oxygens (including phenoxy) is 1. The van der Waals surface area contributed by atoms with Crippen LogP contribution in [0.5, 0.6) is 5.75 Å². The first-order valence-corrected chi connectivity index (χ1v) is 7.70. The van der Waals surface area contributed by atoms with Crippen molar-refractivity contribution in [3.63, 3.8) is 0 Å². The summed E-state index contributed by atoms with van der Waals surface area (Å²) >= 11 is 0. The maximum absolute atomic E-state index is 12.1. The molecule has 0 aromatic heterocycles. The molecule has 1 N–H and O–H groups in total. The molecular formula is C17H23NO4. The lowest BCUT2D eigenvalue weighted by Gasteiger charge is -2.30. The predicted molar refractivity (Wildman–Crippen MR) is 83.0 cm³/mol. The van der Waals surface area contributed by atoms with Crippen molar-refractivity contribution in [3.8, 4) is 5.75 Å². The van der Waals surface area contributed by atoms with Crippen molar-refractivity contribution in [2.45, 2.75) is 32.6 Å². The first-order chi connectivity index (χ1) is 10.5. The van der Waals surface area contributed by atoms with E-state index >= 15 is 0 Å². The Bertz CT molecular complexity index is 524. The summed E-state index contributed by atoms with van der Waals surface area (Å²) in [6.45, 7) is 5.08. The van der Waals surface area contributed by atoms with Gasteiger partial charge in [-0.15, -0.1) is 0 Å². The van der Waals surface area contributed by atoms with E-state index in [0.29, 0.717) is 24.6 Å². The number of piperidine rings is 1. The standard InChI is InChI=1S/C17H23NO4/c1-12(2)13-5-7-15(8-6-13)22-11-16(19)18-9-3-4-14(10-18)17(20)21/h5-8,12,14H,3-4,9-11H2,1-2H3,(H,20,21)/t14-/m0/s1. The lowest BCUT2D eigenvalue weighted by atomic mass is 9.98. The summed E-state index contributed by atoms with van der Waals surface area (Å²) in [6, 6.07) is 7.70. The highest BCUT2D eigenvalue weighted by atomic mass is 16.5. The van der Waals surface area contributed by atoms with Gasteiger partial charge in [0.2, 0.25) is 0 Å². The van der Waals surface area contributed by atoms with Gasteiger partial charge in [0.05, 0.1) is 5.92 Å². The highest BCUT2D eigenvalue weighted by Crippen LogP contribution is 2.19. The normalized spacial score (nSPS) is 18.3. The van der Waals surface area contributed by atoms with Gasteiger partial charge >= 0.3 is 5.97 Å². The van der Waals surface area contributed by atoms with Crippen molar-refractivity contribution in [1.29, 1.82) is 0 Å². The molecular weight excluding hydrogens is 282 g/mol. The molecule has 1 aromatic carbocycles. The molecule has 22 heavy (non-hydrogen) atoms. The minimum absolute atomic E-state index is 0.0482. The molecule has 1 aliphatic rings. The van der Waals surface area contributed by atoms with Gasteiger partial charge in [0.15, 0.2) is 6.61 Å². The molecule has 1 heterocycles. The zero-order valence-electron chi connectivity index (χ0n) is 13.1. The molecule has 0 bridgehead atoms. The van der Waals surface area contributed by atoms with Crippen LogP contribution in [0.2, 0.25) is 0 Å². The number of nitrogens with zero attached hydrogens (tertiary/aromatic N) is 1. The summed E-state index contributed by atoms with van der Waals surface area (Å²) in [5, 5.41) is 9.05. The maximum Gasteiger partial charge on any atom is 0.308 e. The fourth-order valence-corrected chi connectivity index (χ4v) is 2.59. The first-order valence-electron chi connectivity index (χ1n) is 7.70. The van der Waals surface area contributed by atoms with Crippen molar-refractivity contribution < 1.29 is 19.4 Å². The van der Waals surface area contributed by atoms with Crippen LogP contribution in [0.1, 0.15) is 38.2 Å². The third kappa shape index (κ3) is 4.23. The lowest BCUT2D eigenvalue weighted by Crippen LogP contribution is -2.44. The smallest absolute Gasteiger partial charge is 0.308 e. The molecule has 1 aromatic rings. The van der Waals surface area contributed by atoms with E-state index in [2.05, 4.69) is 13.8 Å². The van der Waals surface area contributed by atoms with E-state index in [0.717, 1.165) is 6.42 Å². The third-order valence-electron chi connectivity index (χ3n) is 4.03. The Kier molecular flexibility index (Phi) is 5.41. The molecule has 1 aliphatic heterocycles. The Morgan fingerprint density at radius 1 is 1.32 bits per heavy atom. The molecule has 2 rings (SSSR count). The lowest BCUT2D eigenvalue weighted by molar-refractivity contribution is -0.146. The number of carboxylic acids is 1. The van der Waals surface area contributed by atoms with Gasteiger partial charge in [-0.25, -0.2) is 0 Å². The van der Waals surface area contributed by atoms with E-state index in [1.807, 2.05) is 24.3 Å². The second kappa shape index (κ2) is 7.29. The predicted octanol–water partition coefficient (Wildman–Crippen LogP) is 2.51. The second-order valence-corrected chi connectivity index (χ2v) is 6.03. The molecule has 5 nitrogen and oxygen atoms in total. The zero-order chi connectivity index (χ0) is 16.1. The van der Waals surface area contributed by atoms with Crippen LogP contribution < -0.4 is 4.74 Å². The molecule has 0 spiro atoms. The monoisotopic (exact) mass is 305 g/mol. The number of rotatable bonds is 5. The number of likely N-dealkylation sites (tertiary alicyclic amines) is 1. The molecule has 0 aliphatic carbocycles. The van der Waals surface area contributed by atoms with Gasteiger partial charge in [-0.3, -0.25) is 9.59 Å². The number of aliphatic carboxylic acids is 1. The Morgan fingerprint density at radius 3 is 2.59 bits per heavy atom. The van der Waals surface area contributed by atoms with Crippen LogP contribution in [0, 0.1) is 5.92 Å². The average Bonchev–Trinajstić information content (AvgIpc) is 2.53. The van der Waals surface area contributed by atoms with Crippen LogP contribution in [-0.2, 0) is 9.59 Å². The quantitative estimate of drug-likeness (QED) is 0.907. The Morgan fingerprint density at radius 2 is 2.00 bits per heavy atom. The van der Waals surface area contributed by atoms with E-state index in [1.165, 1.54) is 5.56 Å². The van der Waals surface area contributed by atoms with E-state index in [9.17, 15) is 9.59 Å². The SMILES string of the molecule is CC(C)c1ccc(OCC(=O)N2CCC[C@H](C(=O)O)C2)cc1. The van der Waals surface area contributed by atoms with Crippen molar-refractivity contribution in [3.05, 3.63) is 29.8 Å². The minimum atomic E-state index is -0.831. The van der Waals surface area contributed by atoms with Gasteiger partial charge in [-0.1, -0.05) is 26.0 Å². The van der Waals surface area contributed by atoms with Crippen LogP contribution in [-0.4, -0.2) is 41.6 Å². The molecule has 1 atom stereocenters. The number of hydrogen-bond acceptors (Lipinski definition) is 3. The molecule has 0 radical (unpaired) electrons. The largest absolute Gasteiger partial charge is 0.484 e. The van der Waals surface area contributed by atoms with Gasteiger partial charge in [-0.2, -0.15) is 0 Å². The number of carbonyl (C=O) groups excluding carboxylic acids is 1. The highest BCUT2D eigenvalue weighted by molar-refractivity contribution is 5.79. The number of hydrogen-bond donors (Lipinski definition) is 1. The fourth-order valence-electron chi connectivity index (χ4n) is 2.59. The van der Waals surface area contributed by atoms with Gasteiger partial charge in [-0.05, 0) is 36.5 Å². The van der Waals surface area contributed by atoms with Crippen LogP contribution >= 0.6 is 0 Å². The van der Waals surface area contributed by atoms with Crippen molar-refractivity contribution in [2.24, 2.45) is 5.92 Å². The van der Waals surface area contributed by atoms with E-state index in [1.54, 1.807) is 4.90 Å².